The van der Waals surface area contributed by atoms with Gasteiger partial charge in [-0.15, -0.1) is 0 Å². The van der Waals surface area contributed by atoms with Crippen molar-refractivity contribution in [1.82, 2.24) is 9.80 Å². The SMILES string of the molecule is O=C(C[C@H]1CN(C(=O)c2cc(F)cc(F)c2)CC[C@@H]1Oc1ccccc1)N1CCOCC1. The molecule has 6 nitrogen and oxygen atoms in total. The molecule has 8 heteroatoms. The number of halogens is 2. The Labute approximate surface area is 185 Å². The topological polar surface area (TPSA) is 59.1 Å². The molecule has 2 saturated heterocycles. The summed E-state index contributed by atoms with van der Waals surface area (Å²) >= 11 is 0. The van der Waals surface area contributed by atoms with Crippen molar-refractivity contribution in [2.45, 2.75) is 18.9 Å². The van der Waals surface area contributed by atoms with Crippen molar-refractivity contribution in [3.05, 3.63) is 65.7 Å². The number of nitrogens with zero attached hydrogens (tertiary/aromatic N) is 2. The molecule has 32 heavy (non-hydrogen) atoms. The fourth-order valence-electron chi connectivity index (χ4n) is 4.25. The van der Waals surface area contributed by atoms with Crippen LogP contribution in [0.2, 0.25) is 0 Å². The van der Waals surface area contributed by atoms with Gasteiger partial charge in [0.1, 0.15) is 23.5 Å². The summed E-state index contributed by atoms with van der Waals surface area (Å²) < 4.78 is 38.7. The predicted molar refractivity (Wildman–Crippen MR) is 113 cm³/mol. The average Bonchev–Trinajstić information content (AvgIpc) is 2.80. The molecule has 2 aromatic rings. The summed E-state index contributed by atoms with van der Waals surface area (Å²) in [6.07, 6.45) is 0.480. The normalized spacial score (nSPS) is 21.3. The Hall–Kier alpha value is -3.00. The van der Waals surface area contributed by atoms with E-state index in [0.717, 1.165) is 18.2 Å². The van der Waals surface area contributed by atoms with Crippen molar-refractivity contribution >= 4 is 11.8 Å². The largest absolute Gasteiger partial charge is 0.490 e. The lowest BCUT2D eigenvalue weighted by atomic mass is 9.90. The van der Waals surface area contributed by atoms with Gasteiger partial charge >= 0.3 is 0 Å². The van der Waals surface area contributed by atoms with E-state index in [0.29, 0.717) is 45.0 Å². The Kier molecular flexibility index (Phi) is 6.99. The Morgan fingerprint density at radius 3 is 2.34 bits per heavy atom. The van der Waals surface area contributed by atoms with Crippen molar-refractivity contribution in [2.24, 2.45) is 5.92 Å². The molecular formula is C24H26F2N2O4. The molecule has 2 aliphatic heterocycles. The number of morpholine rings is 1. The first kappa shape index (κ1) is 22.2. The first-order chi connectivity index (χ1) is 15.5. The second kappa shape index (κ2) is 10.1. The first-order valence-electron chi connectivity index (χ1n) is 10.8. The highest BCUT2D eigenvalue weighted by Gasteiger charge is 2.36. The summed E-state index contributed by atoms with van der Waals surface area (Å²) in [5, 5.41) is 0. The molecule has 0 spiro atoms. The minimum atomic E-state index is -0.797. The monoisotopic (exact) mass is 444 g/mol. The zero-order chi connectivity index (χ0) is 22.5. The second-order valence-corrected chi connectivity index (χ2v) is 8.12. The van der Waals surface area contributed by atoms with Crippen LogP contribution in [-0.2, 0) is 9.53 Å². The molecule has 2 fully saturated rings. The predicted octanol–water partition coefficient (Wildman–Crippen LogP) is 3.12. The highest BCUT2D eigenvalue weighted by Crippen LogP contribution is 2.27. The number of rotatable bonds is 5. The number of hydrogen-bond acceptors (Lipinski definition) is 4. The van der Waals surface area contributed by atoms with Gasteiger partial charge in [0.15, 0.2) is 0 Å². The molecule has 4 rings (SSSR count). The minimum absolute atomic E-state index is 0.00828. The number of carbonyl (C=O) groups is 2. The summed E-state index contributed by atoms with van der Waals surface area (Å²) in [7, 11) is 0. The molecule has 170 valence electrons. The fraction of sp³-hybridized carbons (Fsp3) is 0.417. The first-order valence-corrected chi connectivity index (χ1v) is 10.8. The third-order valence-electron chi connectivity index (χ3n) is 5.89. The molecule has 2 amide bonds. The summed E-state index contributed by atoms with van der Waals surface area (Å²) in [5.74, 6) is -1.60. The molecule has 2 atom stereocenters. The highest BCUT2D eigenvalue weighted by molar-refractivity contribution is 5.94. The number of benzene rings is 2. The van der Waals surface area contributed by atoms with Crippen molar-refractivity contribution in [2.75, 3.05) is 39.4 Å². The van der Waals surface area contributed by atoms with Crippen molar-refractivity contribution in [3.63, 3.8) is 0 Å². The van der Waals surface area contributed by atoms with E-state index in [1.807, 2.05) is 30.3 Å². The Morgan fingerprint density at radius 1 is 0.969 bits per heavy atom. The van der Waals surface area contributed by atoms with Gasteiger partial charge in [0.25, 0.3) is 5.91 Å². The lowest BCUT2D eigenvalue weighted by molar-refractivity contribution is -0.137. The number of likely N-dealkylation sites (tertiary alicyclic amines) is 1. The number of piperidine rings is 1. The van der Waals surface area contributed by atoms with E-state index < -0.39 is 17.5 Å². The quantitative estimate of drug-likeness (QED) is 0.711. The molecule has 0 saturated carbocycles. The molecule has 0 bridgehead atoms. The van der Waals surface area contributed by atoms with E-state index in [4.69, 9.17) is 9.47 Å². The van der Waals surface area contributed by atoms with Crippen molar-refractivity contribution in [1.29, 1.82) is 0 Å². The van der Waals surface area contributed by atoms with E-state index in [-0.39, 0.29) is 36.5 Å². The Balaban J connectivity index is 1.50. The van der Waals surface area contributed by atoms with E-state index in [9.17, 15) is 18.4 Å². The smallest absolute Gasteiger partial charge is 0.254 e. The summed E-state index contributed by atoms with van der Waals surface area (Å²) in [6, 6.07) is 12.2. The average molecular weight is 444 g/mol. The van der Waals surface area contributed by atoms with Crippen molar-refractivity contribution in [3.8, 4) is 5.75 Å². The maximum Gasteiger partial charge on any atom is 0.254 e. The van der Waals surface area contributed by atoms with Gasteiger partial charge in [-0.05, 0) is 24.3 Å². The molecule has 2 aliphatic rings. The highest BCUT2D eigenvalue weighted by atomic mass is 19.1. The zero-order valence-electron chi connectivity index (χ0n) is 17.7. The van der Waals surface area contributed by atoms with Gasteiger partial charge in [-0.1, -0.05) is 18.2 Å². The molecule has 0 radical (unpaired) electrons. The van der Waals surface area contributed by atoms with Gasteiger partial charge in [-0.2, -0.15) is 0 Å². The van der Waals surface area contributed by atoms with Crippen LogP contribution >= 0.6 is 0 Å². The van der Waals surface area contributed by atoms with Crippen LogP contribution in [0.3, 0.4) is 0 Å². The maximum absolute atomic E-state index is 13.6. The Bertz CT molecular complexity index is 930. The fourth-order valence-corrected chi connectivity index (χ4v) is 4.25. The van der Waals surface area contributed by atoms with E-state index in [1.54, 1.807) is 9.80 Å². The molecule has 0 aromatic heterocycles. The number of ether oxygens (including phenoxy) is 2. The van der Waals surface area contributed by atoms with Crippen molar-refractivity contribution < 1.29 is 27.8 Å². The van der Waals surface area contributed by atoms with Crippen LogP contribution in [0.4, 0.5) is 8.78 Å². The lowest BCUT2D eigenvalue weighted by Gasteiger charge is -2.39. The number of carbonyl (C=O) groups excluding carboxylic acids is 2. The Morgan fingerprint density at radius 2 is 1.66 bits per heavy atom. The lowest BCUT2D eigenvalue weighted by Crippen LogP contribution is -2.50. The van der Waals surface area contributed by atoms with Crippen LogP contribution in [0, 0.1) is 17.6 Å². The van der Waals surface area contributed by atoms with Crippen LogP contribution in [0.25, 0.3) is 0 Å². The van der Waals surface area contributed by atoms with Crippen LogP contribution < -0.4 is 4.74 Å². The third-order valence-corrected chi connectivity index (χ3v) is 5.89. The standard InChI is InChI=1S/C24H26F2N2O4/c25-19-12-17(13-20(26)15-19)24(30)28-7-6-22(32-21-4-2-1-3-5-21)18(16-28)14-23(29)27-8-10-31-11-9-27/h1-5,12-13,15,18,22H,6-11,14,16H2/t18-,22-/m0/s1. The molecule has 2 heterocycles. The molecular weight excluding hydrogens is 418 g/mol. The summed E-state index contributed by atoms with van der Waals surface area (Å²) in [4.78, 5) is 29.2. The van der Waals surface area contributed by atoms with Gasteiger partial charge in [0, 0.05) is 56.6 Å². The summed E-state index contributed by atoms with van der Waals surface area (Å²) in [5.41, 5.74) is -0.0387. The second-order valence-electron chi connectivity index (χ2n) is 8.12. The van der Waals surface area contributed by atoms with Gasteiger partial charge < -0.3 is 19.3 Å². The molecule has 0 N–H and O–H groups in total. The molecule has 0 unspecified atom stereocenters. The number of hydrogen-bond donors (Lipinski definition) is 0. The van der Waals surface area contributed by atoms with Gasteiger partial charge in [-0.3, -0.25) is 9.59 Å². The van der Waals surface area contributed by atoms with E-state index in [1.165, 1.54) is 0 Å². The molecule has 2 aromatic carbocycles. The van der Waals surface area contributed by atoms with Crippen LogP contribution in [0.5, 0.6) is 5.75 Å². The summed E-state index contributed by atoms with van der Waals surface area (Å²) in [6.45, 7) is 2.75. The molecule has 0 aliphatic carbocycles. The number of para-hydroxylation sites is 1. The van der Waals surface area contributed by atoms with Gasteiger partial charge in [0.2, 0.25) is 5.91 Å². The van der Waals surface area contributed by atoms with E-state index >= 15 is 0 Å². The number of amides is 2. The van der Waals surface area contributed by atoms with Gasteiger partial charge in [-0.25, -0.2) is 8.78 Å². The zero-order valence-corrected chi connectivity index (χ0v) is 17.7. The minimum Gasteiger partial charge on any atom is -0.490 e. The van der Waals surface area contributed by atoms with Crippen LogP contribution in [0.15, 0.2) is 48.5 Å². The van der Waals surface area contributed by atoms with Crippen LogP contribution in [-0.4, -0.2) is 67.1 Å². The van der Waals surface area contributed by atoms with E-state index in [2.05, 4.69) is 0 Å². The van der Waals surface area contributed by atoms with Crippen LogP contribution in [0.1, 0.15) is 23.2 Å². The maximum atomic E-state index is 13.6. The third kappa shape index (κ3) is 5.43. The van der Waals surface area contributed by atoms with Gasteiger partial charge in [0.05, 0.1) is 13.2 Å².